The third-order valence-corrected chi connectivity index (χ3v) is 7.56. The van der Waals surface area contributed by atoms with Gasteiger partial charge in [-0.3, -0.25) is 14.4 Å². The van der Waals surface area contributed by atoms with E-state index in [1.165, 1.54) is 18.0 Å². The number of ether oxygens (including phenoxy) is 1. The van der Waals surface area contributed by atoms with Crippen LogP contribution in [0.1, 0.15) is 52.8 Å². The molecule has 4 aromatic rings. The molecule has 10 nitrogen and oxygen atoms in total. The minimum atomic E-state index is -1.20. The molecule has 2 unspecified atom stereocenters. The van der Waals surface area contributed by atoms with Crippen LogP contribution in [-0.4, -0.2) is 50.3 Å². The van der Waals surface area contributed by atoms with Gasteiger partial charge in [-0.1, -0.05) is 68.4 Å². The fourth-order valence-corrected chi connectivity index (χ4v) is 5.34. The molecule has 0 bridgehead atoms. The number of hydrogen-bond acceptors (Lipinski definition) is 6. The van der Waals surface area contributed by atoms with Crippen molar-refractivity contribution in [3.8, 4) is 16.9 Å². The lowest BCUT2D eigenvalue weighted by atomic mass is 9.99. The molecule has 2 heterocycles. The van der Waals surface area contributed by atoms with Gasteiger partial charge in [-0.25, -0.2) is 9.48 Å². The zero-order chi connectivity index (χ0) is 31.4. The molecule has 2 aromatic carbocycles. The second kappa shape index (κ2) is 12.9. The van der Waals surface area contributed by atoms with Crippen LogP contribution in [0.25, 0.3) is 11.1 Å². The smallest absolute Gasteiger partial charge is 0.326 e. The van der Waals surface area contributed by atoms with E-state index in [0.29, 0.717) is 39.3 Å². The Balaban J connectivity index is 1.58. The number of aliphatic carboxylic acids is 1. The number of carbonyl (C=O) groups excluding carboxylic acids is 2. The van der Waals surface area contributed by atoms with Crippen molar-refractivity contribution in [2.45, 2.75) is 46.2 Å². The first kappa shape index (κ1) is 31.0. The second-order valence-corrected chi connectivity index (χ2v) is 10.9. The fourth-order valence-electron chi connectivity index (χ4n) is 5.34. The molecule has 2 N–H and O–H groups in total. The number of carboxylic acid groups (broad SMARTS) is 1. The summed E-state index contributed by atoms with van der Waals surface area (Å²) >= 11 is 0. The van der Waals surface area contributed by atoms with Crippen LogP contribution in [0.5, 0.6) is 5.75 Å². The first-order valence-electron chi connectivity index (χ1n) is 14.0. The fraction of sp³-hybridized carbons (Fsp3) is 0.303. The van der Waals surface area contributed by atoms with Crippen LogP contribution in [0.4, 0.5) is 0 Å². The quantitative estimate of drug-likeness (QED) is 0.254. The molecule has 0 fully saturated rings. The summed E-state index contributed by atoms with van der Waals surface area (Å²) in [7, 11) is 3.00. The Morgan fingerprint density at radius 1 is 1.02 bits per heavy atom. The average molecular weight is 585 g/mol. The molecule has 10 heteroatoms. The number of aryl methyl sites for hydroxylation is 2. The minimum absolute atomic E-state index is 0.0268. The first-order valence-corrected chi connectivity index (χ1v) is 14.0. The molecule has 0 radical (unpaired) electrons. The summed E-state index contributed by atoms with van der Waals surface area (Å²) in [5.41, 5.74) is 3.69. The molecule has 224 valence electrons. The van der Waals surface area contributed by atoms with E-state index in [2.05, 4.69) is 10.4 Å². The van der Waals surface area contributed by atoms with Gasteiger partial charge in [-0.15, -0.1) is 0 Å². The van der Waals surface area contributed by atoms with E-state index in [-0.39, 0.29) is 23.7 Å². The Kier molecular flexibility index (Phi) is 9.28. The van der Waals surface area contributed by atoms with E-state index in [1.807, 2.05) is 31.4 Å². The Hall–Kier alpha value is -4.99. The van der Waals surface area contributed by atoms with Gasteiger partial charge < -0.3 is 19.7 Å². The van der Waals surface area contributed by atoms with E-state index in [0.717, 1.165) is 5.69 Å². The Bertz CT molecular complexity index is 1700. The summed E-state index contributed by atoms with van der Waals surface area (Å²) in [5, 5.41) is 16.7. The van der Waals surface area contributed by atoms with Crippen molar-refractivity contribution < 1.29 is 24.2 Å². The Labute approximate surface area is 249 Å². The molecule has 4 rings (SSSR count). The minimum Gasteiger partial charge on any atom is -0.494 e. The molecular formula is C33H36N4O6. The van der Waals surface area contributed by atoms with Crippen molar-refractivity contribution in [3.63, 3.8) is 0 Å². The number of methoxy groups -OCH3 is 1. The maximum atomic E-state index is 13.7. The van der Waals surface area contributed by atoms with E-state index in [1.54, 1.807) is 68.6 Å². The lowest BCUT2D eigenvalue weighted by Crippen LogP contribution is -2.46. The van der Waals surface area contributed by atoms with E-state index < -0.39 is 24.0 Å². The third-order valence-electron chi connectivity index (χ3n) is 7.56. The van der Waals surface area contributed by atoms with Crippen LogP contribution in [-0.2, 0) is 23.1 Å². The maximum Gasteiger partial charge on any atom is 0.326 e. The van der Waals surface area contributed by atoms with Gasteiger partial charge >= 0.3 is 5.97 Å². The molecule has 0 aliphatic rings. The standard InChI is InChI=1S/C33H36N4O6/c1-19(2)29(37-20(3)16-25(21(37)4)30(38)24-10-8-7-9-11-24)31(39)35-26(33(41)42)17-22-12-14-23(15-13-22)28-27(43-6)18-34-36(5)32(28)40/h7-16,18-19,26,29H,17H2,1-6H3,(H,35,39)(H,41,42). The van der Waals surface area contributed by atoms with Gasteiger partial charge in [0.2, 0.25) is 5.91 Å². The predicted octanol–water partition coefficient (Wildman–Crippen LogP) is 4.11. The van der Waals surface area contributed by atoms with E-state index in [4.69, 9.17) is 4.74 Å². The molecule has 0 aliphatic carbocycles. The average Bonchev–Trinajstić information content (AvgIpc) is 3.27. The highest BCUT2D eigenvalue weighted by Gasteiger charge is 2.32. The van der Waals surface area contributed by atoms with Crippen molar-refractivity contribution in [1.82, 2.24) is 19.7 Å². The largest absolute Gasteiger partial charge is 0.494 e. The SMILES string of the molecule is COc1cnn(C)c(=O)c1-c1ccc(CC(NC(=O)C(C(C)C)n2c(C)cc(C(=O)c3ccccc3)c2C)C(=O)O)cc1. The second-order valence-electron chi connectivity index (χ2n) is 10.9. The van der Waals surface area contributed by atoms with E-state index >= 15 is 0 Å². The van der Waals surface area contributed by atoms with Crippen molar-refractivity contribution in [1.29, 1.82) is 0 Å². The normalized spacial score (nSPS) is 12.5. The Morgan fingerprint density at radius 2 is 1.67 bits per heavy atom. The summed E-state index contributed by atoms with van der Waals surface area (Å²) in [6.07, 6.45) is 1.49. The number of nitrogens with zero attached hydrogens (tertiary/aromatic N) is 3. The molecule has 1 amide bonds. The van der Waals surface area contributed by atoms with Gasteiger partial charge in [0.15, 0.2) is 11.5 Å². The monoisotopic (exact) mass is 584 g/mol. The number of aromatic nitrogens is 3. The molecule has 43 heavy (non-hydrogen) atoms. The van der Waals surface area contributed by atoms with Crippen molar-refractivity contribution in [2.24, 2.45) is 13.0 Å². The van der Waals surface area contributed by atoms with Crippen molar-refractivity contribution >= 4 is 17.7 Å². The summed E-state index contributed by atoms with van der Waals surface area (Å²) in [6, 6.07) is 15.6. The maximum absolute atomic E-state index is 13.7. The van der Waals surface area contributed by atoms with Gasteiger partial charge in [0.25, 0.3) is 5.56 Å². The van der Waals surface area contributed by atoms with Crippen LogP contribution in [0, 0.1) is 19.8 Å². The molecule has 2 aromatic heterocycles. The molecule has 2 atom stereocenters. The van der Waals surface area contributed by atoms with Crippen LogP contribution >= 0.6 is 0 Å². The highest BCUT2D eigenvalue weighted by molar-refractivity contribution is 6.10. The number of benzene rings is 2. The number of carbonyl (C=O) groups is 3. The Morgan fingerprint density at radius 3 is 2.26 bits per heavy atom. The van der Waals surface area contributed by atoms with Crippen LogP contribution in [0.3, 0.4) is 0 Å². The highest BCUT2D eigenvalue weighted by Crippen LogP contribution is 2.29. The van der Waals surface area contributed by atoms with Gasteiger partial charge in [-0.05, 0) is 37.0 Å². The van der Waals surface area contributed by atoms with Crippen molar-refractivity contribution in [3.05, 3.63) is 105 Å². The molecule has 0 spiro atoms. The third kappa shape index (κ3) is 6.43. The summed E-state index contributed by atoms with van der Waals surface area (Å²) in [6.45, 7) is 7.40. The molecule has 0 saturated carbocycles. The van der Waals surface area contributed by atoms with Crippen molar-refractivity contribution in [2.75, 3.05) is 7.11 Å². The summed E-state index contributed by atoms with van der Waals surface area (Å²) < 4.78 is 8.34. The number of ketones is 1. The van der Waals surface area contributed by atoms with Gasteiger partial charge in [-0.2, -0.15) is 5.10 Å². The number of rotatable bonds is 11. The van der Waals surface area contributed by atoms with Crippen LogP contribution in [0.15, 0.2) is 71.7 Å². The number of amides is 1. The predicted molar refractivity (Wildman–Crippen MR) is 162 cm³/mol. The molecular weight excluding hydrogens is 548 g/mol. The topological polar surface area (TPSA) is 133 Å². The number of hydrogen-bond donors (Lipinski definition) is 2. The van der Waals surface area contributed by atoms with Gasteiger partial charge in [0.1, 0.15) is 12.1 Å². The first-order chi connectivity index (χ1) is 20.4. The van der Waals surface area contributed by atoms with Crippen LogP contribution in [0.2, 0.25) is 0 Å². The number of nitrogens with one attached hydrogen (secondary N) is 1. The summed E-state index contributed by atoms with van der Waals surface area (Å²) in [4.78, 5) is 51.9. The molecule has 0 saturated heterocycles. The lowest BCUT2D eigenvalue weighted by Gasteiger charge is -2.27. The summed E-state index contributed by atoms with van der Waals surface area (Å²) in [5.74, 6) is -1.64. The number of carboxylic acids is 1. The zero-order valence-electron chi connectivity index (χ0n) is 25.1. The van der Waals surface area contributed by atoms with Crippen LogP contribution < -0.4 is 15.6 Å². The van der Waals surface area contributed by atoms with E-state index in [9.17, 15) is 24.3 Å². The van der Waals surface area contributed by atoms with Gasteiger partial charge in [0, 0.05) is 36.0 Å². The molecule has 0 aliphatic heterocycles. The zero-order valence-corrected chi connectivity index (χ0v) is 25.1. The highest BCUT2D eigenvalue weighted by atomic mass is 16.5. The van der Waals surface area contributed by atoms with Gasteiger partial charge in [0.05, 0.1) is 18.9 Å². The lowest BCUT2D eigenvalue weighted by molar-refractivity contribution is -0.142.